The van der Waals surface area contributed by atoms with E-state index in [1.807, 2.05) is 18.2 Å². The smallest absolute Gasteiger partial charge is 0.306 e. The molecule has 1 saturated heterocycles. The second-order valence-corrected chi connectivity index (χ2v) is 13.7. The third kappa shape index (κ3) is 5.50. The molecule has 0 radical (unpaired) electrons. The van der Waals surface area contributed by atoms with Gasteiger partial charge in [-0.05, 0) is 55.3 Å². The number of hydrogen-bond donors (Lipinski definition) is 1. The summed E-state index contributed by atoms with van der Waals surface area (Å²) in [5, 5.41) is 10.6. The zero-order chi connectivity index (χ0) is 20.9. The molecule has 0 unspecified atom stereocenters. The maximum Gasteiger partial charge on any atom is 0.306 e. The highest BCUT2D eigenvalue weighted by molar-refractivity contribution is 6.73. The van der Waals surface area contributed by atoms with Crippen LogP contribution in [0, 0.1) is 11.8 Å². The molecule has 0 bridgehead atoms. The summed E-state index contributed by atoms with van der Waals surface area (Å²) in [6.07, 6.45) is 4.64. The van der Waals surface area contributed by atoms with Crippen molar-refractivity contribution < 1.29 is 19.1 Å². The van der Waals surface area contributed by atoms with Crippen molar-refractivity contribution in [1.82, 2.24) is 0 Å². The van der Waals surface area contributed by atoms with Gasteiger partial charge >= 0.3 is 5.97 Å². The maximum absolute atomic E-state index is 11.9. The lowest BCUT2D eigenvalue weighted by Crippen LogP contribution is -2.42. The number of ether oxygens (including phenoxy) is 1. The van der Waals surface area contributed by atoms with Crippen molar-refractivity contribution >= 4 is 14.3 Å². The van der Waals surface area contributed by atoms with E-state index in [-0.39, 0.29) is 30.2 Å². The third-order valence-corrected chi connectivity index (χ3v) is 12.1. The summed E-state index contributed by atoms with van der Waals surface area (Å²) in [5.74, 6) is 0.540. The van der Waals surface area contributed by atoms with Gasteiger partial charge in [-0.25, -0.2) is 0 Å². The highest BCUT2D eigenvalue weighted by Gasteiger charge is 2.51. The van der Waals surface area contributed by atoms with Crippen molar-refractivity contribution in [3.63, 3.8) is 0 Å². The first kappa shape index (κ1) is 22.5. The van der Waals surface area contributed by atoms with Gasteiger partial charge in [-0.1, -0.05) is 51.1 Å². The van der Waals surface area contributed by atoms with Crippen molar-refractivity contribution in [3.05, 3.63) is 35.9 Å². The number of fused-ring (bicyclic) bond motifs is 1. The number of esters is 1. The second-order valence-electron chi connectivity index (χ2n) is 8.95. The lowest BCUT2D eigenvalue weighted by atomic mass is 9.87. The molecular weight excluding hydrogens is 380 g/mol. The van der Waals surface area contributed by atoms with Gasteiger partial charge in [0.15, 0.2) is 8.32 Å². The molecule has 1 aromatic carbocycles. The van der Waals surface area contributed by atoms with Crippen molar-refractivity contribution in [2.75, 3.05) is 0 Å². The van der Waals surface area contributed by atoms with Crippen LogP contribution in [0.25, 0.3) is 0 Å². The Morgan fingerprint density at radius 3 is 2.48 bits per heavy atom. The fourth-order valence-electron chi connectivity index (χ4n) is 5.32. The standard InChI is InChI=1S/C24H38O4Si/c1-4-29(5-2,6-3)28-23-17-22-21(16-24(26)27-22)20(23)15-14-19(25)13-12-18-10-8-7-9-11-18/h7-11,19-23,25H,4-6,12-17H2,1-3H3/t19-,20+,21+,22-,23+/m0/s1. The number of carbonyl (C=O) groups excluding carboxylic acids is 1. The summed E-state index contributed by atoms with van der Waals surface area (Å²) in [7, 11) is -1.71. The van der Waals surface area contributed by atoms with E-state index in [2.05, 4.69) is 32.9 Å². The van der Waals surface area contributed by atoms with Crippen LogP contribution in [0.5, 0.6) is 0 Å². The molecule has 1 heterocycles. The van der Waals surface area contributed by atoms with Gasteiger partial charge in [0.25, 0.3) is 0 Å². The minimum atomic E-state index is -1.71. The molecule has 162 valence electrons. The lowest BCUT2D eigenvalue weighted by Gasteiger charge is -2.35. The highest BCUT2D eigenvalue weighted by atomic mass is 28.4. The van der Waals surface area contributed by atoms with Gasteiger partial charge in [0.2, 0.25) is 0 Å². The van der Waals surface area contributed by atoms with E-state index in [0.29, 0.717) is 12.3 Å². The van der Waals surface area contributed by atoms with Crippen LogP contribution < -0.4 is 0 Å². The fourth-order valence-corrected chi connectivity index (χ4v) is 8.23. The summed E-state index contributed by atoms with van der Waals surface area (Å²) in [6.45, 7) is 6.78. The molecule has 0 spiro atoms. The maximum atomic E-state index is 11.9. The molecular formula is C24H38O4Si. The van der Waals surface area contributed by atoms with E-state index < -0.39 is 8.32 Å². The Bertz CT molecular complexity index is 637. The number of aryl methyl sites for hydroxylation is 1. The van der Waals surface area contributed by atoms with E-state index in [4.69, 9.17) is 9.16 Å². The summed E-state index contributed by atoms with van der Waals surface area (Å²) in [6, 6.07) is 13.8. The van der Waals surface area contributed by atoms with Crippen LogP contribution in [0.2, 0.25) is 18.1 Å². The Hall–Kier alpha value is -1.17. The molecule has 3 rings (SSSR count). The molecule has 0 amide bonds. The van der Waals surface area contributed by atoms with Crippen LogP contribution in [0.3, 0.4) is 0 Å². The molecule has 2 fully saturated rings. The predicted octanol–water partition coefficient (Wildman–Crippen LogP) is 5.10. The molecule has 29 heavy (non-hydrogen) atoms. The van der Waals surface area contributed by atoms with Gasteiger partial charge in [-0.3, -0.25) is 4.79 Å². The van der Waals surface area contributed by atoms with E-state index in [9.17, 15) is 9.90 Å². The zero-order valence-corrected chi connectivity index (χ0v) is 19.3. The Kier molecular flexibility index (Phi) is 7.94. The van der Waals surface area contributed by atoms with Crippen LogP contribution >= 0.6 is 0 Å². The quantitative estimate of drug-likeness (QED) is 0.401. The monoisotopic (exact) mass is 418 g/mol. The van der Waals surface area contributed by atoms with Crippen LogP contribution in [0.15, 0.2) is 30.3 Å². The number of hydrogen-bond acceptors (Lipinski definition) is 4. The molecule has 1 aromatic rings. The molecule has 5 atom stereocenters. The zero-order valence-electron chi connectivity index (χ0n) is 18.3. The van der Waals surface area contributed by atoms with Crippen LogP contribution in [-0.2, 0) is 20.4 Å². The van der Waals surface area contributed by atoms with Crippen LogP contribution in [0.4, 0.5) is 0 Å². The van der Waals surface area contributed by atoms with Crippen molar-refractivity contribution in [1.29, 1.82) is 0 Å². The molecule has 0 aromatic heterocycles. The largest absolute Gasteiger partial charge is 0.462 e. The molecule has 1 saturated carbocycles. The average molecular weight is 419 g/mol. The third-order valence-electron chi connectivity index (χ3n) is 7.43. The average Bonchev–Trinajstić information content (AvgIpc) is 3.25. The molecule has 1 N–H and O–H groups in total. The minimum Gasteiger partial charge on any atom is -0.462 e. The Morgan fingerprint density at radius 1 is 1.14 bits per heavy atom. The first-order valence-corrected chi connectivity index (χ1v) is 14.1. The molecule has 1 aliphatic heterocycles. The van der Waals surface area contributed by atoms with E-state index in [1.165, 1.54) is 5.56 Å². The number of aliphatic hydroxyl groups is 1. The van der Waals surface area contributed by atoms with Gasteiger partial charge in [0, 0.05) is 12.3 Å². The first-order valence-electron chi connectivity index (χ1n) is 11.6. The van der Waals surface area contributed by atoms with Gasteiger partial charge in [-0.2, -0.15) is 0 Å². The van der Waals surface area contributed by atoms with Gasteiger partial charge in [0.05, 0.1) is 18.6 Å². The van der Waals surface area contributed by atoms with Crippen molar-refractivity contribution in [3.8, 4) is 0 Å². The number of carbonyl (C=O) groups is 1. The Morgan fingerprint density at radius 2 is 1.83 bits per heavy atom. The SMILES string of the molecule is CC[Si](CC)(CC)O[C@@H]1C[C@@H]2OC(=O)C[C@@H]2[C@H]1CC[C@@H](O)CCc1ccccc1. The van der Waals surface area contributed by atoms with Gasteiger partial charge in [-0.15, -0.1) is 0 Å². The van der Waals surface area contributed by atoms with Crippen molar-refractivity contribution in [2.24, 2.45) is 11.8 Å². The summed E-state index contributed by atoms with van der Waals surface area (Å²) >= 11 is 0. The van der Waals surface area contributed by atoms with E-state index in [0.717, 1.165) is 50.2 Å². The predicted molar refractivity (Wildman–Crippen MR) is 118 cm³/mol. The Balaban J connectivity index is 1.59. The summed E-state index contributed by atoms with van der Waals surface area (Å²) in [4.78, 5) is 11.9. The topological polar surface area (TPSA) is 55.8 Å². The van der Waals surface area contributed by atoms with Crippen LogP contribution in [-0.4, -0.2) is 37.7 Å². The van der Waals surface area contributed by atoms with Gasteiger partial charge < -0.3 is 14.3 Å². The van der Waals surface area contributed by atoms with Crippen LogP contribution in [0.1, 0.15) is 58.4 Å². The number of rotatable bonds is 11. The number of aliphatic hydroxyl groups excluding tert-OH is 1. The minimum absolute atomic E-state index is 0.0243. The highest BCUT2D eigenvalue weighted by Crippen LogP contribution is 2.46. The number of benzene rings is 1. The van der Waals surface area contributed by atoms with Gasteiger partial charge in [0.1, 0.15) is 6.10 Å². The van der Waals surface area contributed by atoms with E-state index >= 15 is 0 Å². The lowest BCUT2D eigenvalue weighted by molar-refractivity contribution is -0.141. The normalized spacial score (nSPS) is 27.7. The van der Waals surface area contributed by atoms with E-state index in [1.54, 1.807) is 0 Å². The second kappa shape index (κ2) is 10.2. The Labute approximate surface area is 177 Å². The first-order chi connectivity index (χ1) is 14.0. The molecule has 2 aliphatic rings. The molecule has 1 aliphatic carbocycles. The summed E-state index contributed by atoms with van der Waals surface area (Å²) < 4.78 is 12.5. The fraction of sp³-hybridized carbons (Fsp3) is 0.708. The summed E-state index contributed by atoms with van der Waals surface area (Å²) in [5.41, 5.74) is 1.27. The molecule has 5 heteroatoms. The molecule has 4 nitrogen and oxygen atoms in total. The van der Waals surface area contributed by atoms with Crippen molar-refractivity contribution in [2.45, 2.75) is 95.7 Å².